The Bertz CT molecular complexity index is 1000. The SMILES string of the molecule is COc1ccc(/C=C2/SC(=S)N(NC(=O)c3cccc([N+](=O)[O-])c3)C2=O)cc1. The number of carbonyl (C=O) groups excluding carboxylic acids is 2. The van der Waals surface area contributed by atoms with Crippen molar-refractivity contribution in [2.45, 2.75) is 0 Å². The molecule has 0 atom stereocenters. The first kappa shape index (κ1) is 19.5. The molecule has 0 aromatic heterocycles. The number of hydrogen-bond acceptors (Lipinski definition) is 7. The third-order valence-corrected chi connectivity index (χ3v) is 5.04. The van der Waals surface area contributed by atoms with Gasteiger partial charge in [0.15, 0.2) is 4.32 Å². The van der Waals surface area contributed by atoms with Crippen LogP contribution in [0.5, 0.6) is 5.75 Å². The molecular formula is C18H13N3O5S2. The molecule has 0 aliphatic carbocycles. The van der Waals surface area contributed by atoms with Crippen molar-refractivity contribution in [3.63, 3.8) is 0 Å². The molecule has 1 fully saturated rings. The van der Waals surface area contributed by atoms with Crippen molar-refractivity contribution in [2.75, 3.05) is 7.11 Å². The molecule has 3 rings (SSSR count). The highest BCUT2D eigenvalue weighted by atomic mass is 32.2. The van der Waals surface area contributed by atoms with Gasteiger partial charge in [-0.2, -0.15) is 5.01 Å². The van der Waals surface area contributed by atoms with Gasteiger partial charge in [-0.25, -0.2) is 0 Å². The molecule has 1 heterocycles. The second-order valence-corrected chi connectivity index (χ2v) is 7.21. The van der Waals surface area contributed by atoms with Crippen LogP contribution in [-0.4, -0.2) is 33.2 Å². The summed E-state index contributed by atoms with van der Waals surface area (Å²) in [5.41, 5.74) is 2.98. The smallest absolute Gasteiger partial charge is 0.285 e. The first-order chi connectivity index (χ1) is 13.4. The molecule has 0 bridgehead atoms. The molecule has 8 nitrogen and oxygen atoms in total. The summed E-state index contributed by atoms with van der Waals surface area (Å²) in [6.07, 6.45) is 1.65. The van der Waals surface area contributed by atoms with Gasteiger partial charge in [-0.05, 0) is 42.1 Å². The molecule has 0 spiro atoms. The largest absolute Gasteiger partial charge is 0.497 e. The van der Waals surface area contributed by atoms with E-state index in [4.69, 9.17) is 17.0 Å². The van der Waals surface area contributed by atoms with Crippen molar-refractivity contribution in [3.05, 3.63) is 74.7 Å². The zero-order valence-corrected chi connectivity index (χ0v) is 16.1. The van der Waals surface area contributed by atoms with E-state index < -0.39 is 16.7 Å². The van der Waals surface area contributed by atoms with Crippen LogP contribution in [0.2, 0.25) is 0 Å². The Morgan fingerprint density at radius 1 is 1.29 bits per heavy atom. The molecule has 2 aromatic rings. The number of rotatable bonds is 5. The minimum absolute atomic E-state index is 0.0439. The number of benzene rings is 2. The fourth-order valence-electron chi connectivity index (χ4n) is 2.34. The molecule has 2 amide bonds. The van der Waals surface area contributed by atoms with Crippen molar-refractivity contribution in [1.29, 1.82) is 0 Å². The highest BCUT2D eigenvalue weighted by molar-refractivity contribution is 8.26. The van der Waals surface area contributed by atoms with E-state index in [9.17, 15) is 19.7 Å². The number of non-ortho nitro benzene ring substituents is 1. The second kappa shape index (κ2) is 8.19. The minimum atomic E-state index is -0.675. The zero-order valence-electron chi connectivity index (χ0n) is 14.4. The molecule has 28 heavy (non-hydrogen) atoms. The lowest BCUT2D eigenvalue weighted by Crippen LogP contribution is -2.44. The average Bonchev–Trinajstić information content (AvgIpc) is 2.96. The van der Waals surface area contributed by atoms with E-state index >= 15 is 0 Å². The number of thiocarbonyl (C=S) groups is 1. The number of nitro benzene ring substituents is 1. The van der Waals surface area contributed by atoms with Crippen LogP contribution >= 0.6 is 24.0 Å². The standard InChI is InChI=1S/C18H13N3O5S2/c1-26-14-7-5-11(6-8-14)9-15-17(23)20(18(27)28-15)19-16(22)12-3-2-4-13(10-12)21(24)25/h2-10H,1H3,(H,19,22)/b15-9+. The van der Waals surface area contributed by atoms with Gasteiger partial charge in [0.2, 0.25) is 0 Å². The fourth-order valence-corrected chi connectivity index (χ4v) is 3.52. The van der Waals surface area contributed by atoms with Crippen LogP contribution in [0.1, 0.15) is 15.9 Å². The molecular weight excluding hydrogens is 402 g/mol. The van der Waals surface area contributed by atoms with Gasteiger partial charge >= 0.3 is 0 Å². The molecule has 2 aromatic carbocycles. The highest BCUT2D eigenvalue weighted by Crippen LogP contribution is 2.31. The van der Waals surface area contributed by atoms with E-state index in [1.807, 2.05) is 0 Å². The van der Waals surface area contributed by atoms with Crippen LogP contribution in [0, 0.1) is 10.1 Å². The number of nitro groups is 1. The predicted molar refractivity (Wildman–Crippen MR) is 109 cm³/mol. The summed E-state index contributed by atoms with van der Waals surface area (Å²) in [4.78, 5) is 35.5. The number of methoxy groups -OCH3 is 1. The minimum Gasteiger partial charge on any atom is -0.497 e. The number of nitrogens with zero attached hydrogens (tertiary/aromatic N) is 2. The van der Waals surface area contributed by atoms with Crippen LogP contribution in [0.15, 0.2) is 53.4 Å². The van der Waals surface area contributed by atoms with E-state index in [0.717, 1.165) is 28.4 Å². The van der Waals surface area contributed by atoms with Gasteiger partial charge in [0.05, 0.1) is 16.9 Å². The number of ether oxygens (including phenoxy) is 1. The number of carbonyl (C=O) groups is 2. The molecule has 0 unspecified atom stereocenters. The molecule has 1 aliphatic heterocycles. The summed E-state index contributed by atoms with van der Waals surface area (Å²) in [6, 6.07) is 12.3. The Balaban J connectivity index is 1.76. The first-order valence-corrected chi connectivity index (χ1v) is 9.09. The Labute approximate surface area is 169 Å². The Morgan fingerprint density at radius 2 is 2.00 bits per heavy atom. The molecule has 1 N–H and O–H groups in total. The van der Waals surface area contributed by atoms with Crippen molar-refractivity contribution >= 4 is 51.9 Å². The normalized spacial score (nSPS) is 15.0. The lowest BCUT2D eigenvalue weighted by Gasteiger charge is -2.15. The quantitative estimate of drug-likeness (QED) is 0.346. The van der Waals surface area contributed by atoms with Crippen LogP contribution in [-0.2, 0) is 4.79 Å². The Hall–Kier alpha value is -3.24. The summed E-state index contributed by atoms with van der Waals surface area (Å²) >= 11 is 6.22. The van der Waals surface area contributed by atoms with Gasteiger partial charge < -0.3 is 4.74 Å². The number of amides is 2. The van der Waals surface area contributed by atoms with E-state index in [0.29, 0.717) is 10.7 Å². The Morgan fingerprint density at radius 3 is 2.64 bits per heavy atom. The summed E-state index contributed by atoms with van der Waals surface area (Å²) < 4.78 is 5.25. The van der Waals surface area contributed by atoms with Crippen molar-refractivity contribution in [1.82, 2.24) is 10.4 Å². The van der Waals surface area contributed by atoms with Crippen LogP contribution in [0.4, 0.5) is 5.69 Å². The number of hydrogen-bond donors (Lipinski definition) is 1. The van der Waals surface area contributed by atoms with E-state index in [1.54, 1.807) is 37.5 Å². The number of thioether (sulfide) groups is 1. The summed E-state index contributed by atoms with van der Waals surface area (Å²) in [5.74, 6) is -0.468. The van der Waals surface area contributed by atoms with E-state index in [1.165, 1.54) is 18.2 Å². The van der Waals surface area contributed by atoms with Crippen molar-refractivity contribution in [2.24, 2.45) is 0 Å². The summed E-state index contributed by atoms with van der Waals surface area (Å²) in [6.45, 7) is 0. The molecule has 0 saturated carbocycles. The fraction of sp³-hybridized carbons (Fsp3) is 0.0556. The zero-order chi connectivity index (χ0) is 20.3. The van der Waals surface area contributed by atoms with E-state index in [2.05, 4.69) is 5.43 Å². The van der Waals surface area contributed by atoms with E-state index in [-0.39, 0.29) is 15.6 Å². The summed E-state index contributed by atoms with van der Waals surface area (Å²) in [7, 11) is 1.56. The van der Waals surface area contributed by atoms with Crippen molar-refractivity contribution in [3.8, 4) is 5.75 Å². The topological polar surface area (TPSA) is 102 Å². The maximum Gasteiger partial charge on any atom is 0.285 e. The predicted octanol–water partition coefficient (Wildman–Crippen LogP) is 3.15. The van der Waals surface area contributed by atoms with Gasteiger partial charge in [0, 0.05) is 17.7 Å². The first-order valence-electron chi connectivity index (χ1n) is 7.86. The highest BCUT2D eigenvalue weighted by Gasteiger charge is 2.33. The number of nitrogens with one attached hydrogen (secondary N) is 1. The molecule has 10 heteroatoms. The van der Waals surface area contributed by atoms with Crippen molar-refractivity contribution < 1.29 is 19.2 Å². The van der Waals surface area contributed by atoms with Gasteiger partial charge in [-0.3, -0.25) is 25.1 Å². The molecule has 142 valence electrons. The maximum absolute atomic E-state index is 12.6. The second-order valence-electron chi connectivity index (χ2n) is 5.54. The van der Waals surface area contributed by atoms with Crippen LogP contribution in [0.25, 0.3) is 6.08 Å². The van der Waals surface area contributed by atoms with Crippen LogP contribution < -0.4 is 10.2 Å². The number of hydrazine groups is 1. The Kier molecular flexibility index (Phi) is 5.71. The monoisotopic (exact) mass is 415 g/mol. The third kappa shape index (κ3) is 4.18. The maximum atomic E-state index is 12.6. The molecule has 1 saturated heterocycles. The average molecular weight is 415 g/mol. The lowest BCUT2D eigenvalue weighted by molar-refractivity contribution is -0.384. The third-order valence-electron chi connectivity index (χ3n) is 3.74. The van der Waals surface area contributed by atoms with Gasteiger partial charge in [-0.1, -0.05) is 30.0 Å². The molecule has 0 radical (unpaired) electrons. The van der Waals surface area contributed by atoms with Gasteiger partial charge in [0.25, 0.3) is 17.5 Å². The molecule has 1 aliphatic rings. The van der Waals surface area contributed by atoms with Gasteiger partial charge in [0.1, 0.15) is 5.75 Å². The van der Waals surface area contributed by atoms with Gasteiger partial charge in [-0.15, -0.1) is 0 Å². The van der Waals surface area contributed by atoms with Crippen LogP contribution in [0.3, 0.4) is 0 Å². The summed E-state index contributed by atoms with van der Waals surface area (Å²) in [5, 5.41) is 11.8. The lowest BCUT2D eigenvalue weighted by atomic mass is 10.2.